The highest BCUT2D eigenvalue weighted by Crippen LogP contribution is 2.17. The van der Waals surface area contributed by atoms with E-state index in [1.807, 2.05) is 6.08 Å². The second-order valence-corrected chi connectivity index (χ2v) is 2.57. The summed E-state index contributed by atoms with van der Waals surface area (Å²) in [4.78, 5) is 0. The Labute approximate surface area is 61.2 Å². The standard InChI is InChI=1S/C8H11Cl/c9-7-6-8-4-2-1-3-5-8/h4,6-7H,1-3,5H2. The Kier molecular flexibility index (Phi) is 2.85. The van der Waals surface area contributed by atoms with E-state index >= 15 is 0 Å². The van der Waals surface area contributed by atoms with Gasteiger partial charge in [0.05, 0.1) is 0 Å². The van der Waals surface area contributed by atoms with Crippen molar-refractivity contribution in [2.45, 2.75) is 25.7 Å². The van der Waals surface area contributed by atoms with E-state index in [1.54, 1.807) is 5.54 Å². The molecule has 0 spiro atoms. The molecule has 1 heteroatoms. The van der Waals surface area contributed by atoms with Crippen molar-refractivity contribution < 1.29 is 0 Å². The Morgan fingerprint density at radius 3 is 2.89 bits per heavy atom. The molecular weight excluding hydrogens is 132 g/mol. The molecule has 0 atom stereocenters. The highest BCUT2D eigenvalue weighted by Gasteiger charge is 1.98. The molecule has 0 N–H and O–H groups in total. The highest BCUT2D eigenvalue weighted by atomic mass is 35.5. The third kappa shape index (κ3) is 2.23. The van der Waals surface area contributed by atoms with Gasteiger partial charge >= 0.3 is 0 Å². The average molecular weight is 143 g/mol. The zero-order chi connectivity index (χ0) is 6.53. The zero-order valence-corrected chi connectivity index (χ0v) is 6.19. The number of allylic oxidation sites excluding steroid dienone is 3. The van der Waals surface area contributed by atoms with Crippen LogP contribution in [0, 0.1) is 0 Å². The third-order valence-electron chi connectivity index (χ3n) is 1.60. The molecule has 0 nitrogen and oxygen atoms in total. The number of rotatable bonds is 1. The van der Waals surface area contributed by atoms with Gasteiger partial charge in [0.1, 0.15) is 0 Å². The SMILES string of the molecule is ClC=CC1=CCCCC1. The molecule has 0 saturated heterocycles. The van der Waals surface area contributed by atoms with Crippen LogP contribution < -0.4 is 0 Å². The van der Waals surface area contributed by atoms with Crippen LogP contribution in [0.5, 0.6) is 0 Å². The van der Waals surface area contributed by atoms with E-state index in [-0.39, 0.29) is 0 Å². The van der Waals surface area contributed by atoms with Gasteiger partial charge in [-0.3, -0.25) is 0 Å². The molecule has 0 aliphatic heterocycles. The molecule has 0 aromatic heterocycles. The molecule has 0 unspecified atom stereocenters. The van der Waals surface area contributed by atoms with E-state index in [0.717, 1.165) is 0 Å². The van der Waals surface area contributed by atoms with Gasteiger partial charge in [0.2, 0.25) is 0 Å². The normalized spacial score (nSPS) is 20.3. The Bertz CT molecular complexity index is 134. The van der Waals surface area contributed by atoms with Gasteiger partial charge in [-0.2, -0.15) is 0 Å². The number of hydrogen-bond donors (Lipinski definition) is 0. The second kappa shape index (κ2) is 3.73. The minimum absolute atomic E-state index is 1.21. The molecule has 1 rings (SSSR count). The van der Waals surface area contributed by atoms with E-state index < -0.39 is 0 Å². The fraction of sp³-hybridized carbons (Fsp3) is 0.500. The fourth-order valence-electron chi connectivity index (χ4n) is 1.10. The van der Waals surface area contributed by atoms with Crippen LogP contribution in [0.25, 0.3) is 0 Å². The summed E-state index contributed by atoms with van der Waals surface area (Å²) in [6, 6.07) is 0. The van der Waals surface area contributed by atoms with Crippen molar-refractivity contribution in [2.75, 3.05) is 0 Å². The lowest BCUT2D eigenvalue weighted by molar-refractivity contribution is 0.712. The van der Waals surface area contributed by atoms with Crippen molar-refractivity contribution in [3.63, 3.8) is 0 Å². The van der Waals surface area contributed by atoms with Crippen LogP contribution in [0.15, 0.2) is 23.3 Å². The third-order valence-corrected chi connectivity index (χ3v) is 1.73. The van der Waals surface area contributed by atoms with Gasteiger partial charge in [-0.1, -0.05) is 23.3 Å². The monoisotopic (exact) mass is 142 g/mol. The minimum atomic E-state index is 1.21. The van der Waals surface area contributed by atoms with Gasteiger partial charge in [-0.05, 0) is 31.8 Å². The minimum Gasteiger partial charge on any atom is -0.0929 e. The van der Waals surface area contributed by atoms with E-state index in [4.69, 9.17) is 11.6 Å². The van der Waals surface area contributed by atoms with Crippen LogP contribution in [0.1, 0.15) is 25.7 Å². The molecular formula is C8H11Cl. The Balaban J connectivity index is 2.46. The van der Waals surface area contributed by atoms with Gasteiger partial charge in [0, 0.05) is 5.54 Å². The van der Waals surface area contributed by atoms with Crippen LogP contribution >= 0.6 is 11.6 Å². The lowest BCUT2D eigenvalue weighted by Gasteiger charge is -2.06. The van der Waals surface area contributed by atoms with Gasteiger partial charge in [0.25, 0.3) is 0 Å². The van der Waals surface area contributed by atoms with Gasteiger partial charge in [-0.25, -0.2) is 0 Å². The molecule has 0 aromatic carbocycles. The average Bonchev–Trinajstić information content (AvgIpc) is 1.91. The van der Waals surface area contributed by atoms with Crippen LogP contribution in [0.3, 0.4) is 0 Å². The number of hydrogen-bond acceptors (Lipinski definition) is 0. The highest BCUT2D eigenvalue weighted by molar-refractivity contribution is 6.25. The summed E-state index contributed by atoms with van der Waals surface area (Å²) in [5, 5.41) is 0. The molecule has 0 radical (unpaired) electrons. The molecule has 0 amide bonds. The molecule has 1 aliphatic rings. The molecule has 0 saturated carbocycles. The van der Waals surface area contributed by atoms with Crippen LogP contribution in [-0.4, -0.2) is 0 Å². The Morgan fingerprint density at radius 2 is 2.33 bits per heavy atom. The fourth-order valence-corrected chi connectivity index (χ4v) is 1.26. The van der Waals surface area contributed by atoms with Gasteiger partial charge < -0.3 is 0 Å². The topological polar surface area (TPSA) is 0 Å². The van der Waals surface area contributed by atoms with Crippen LogP contribution in [0.2, 0.25) is 0 Å². The van der Waals surface area contributed by atoms with Crippen molar-refractivity contribution in [2.24, 2.45) is 0 Å². The Hall–Kier alpha value is -0.230. The summed E-state index contributed by atoms with van der Waals surface area (Å²) in [6.07, 6.45) is 9.37. The Morgan fingerprint density at radius 1 is 1.44 bits per heavy atom. The van der Waals surface area contributed by atoms with E-state index in [2.05, 4.69) is 6.08 Å². The van der Waals surface area contributed by atoms with Crippen LogP contribution in [0.4, 0.5) is 0 Å². The van der Waals surface area contributed by atoms with Crippen molar-refractivity contribution in [1.82, 2.24) is 0 Å². The van der Waals surface area contributed by atoms with Crippen LogP contribution in [-0.2, 0) is 0 Å². The predicted octanol–water partition coefficient (Wildman–Crippen LogP) is 3.24. The molecule has 0 aromatic rings. The maximum absolute atomic E-state index is 5.41. The second-order valence-electron chi connectivity index (χ2n) is 2.32. The first-order chi connectivity index (χ1) is 4.43. The first-order valence-corrected chi connectivity index (χ1v) is 3.83. The van der Waals surface area contributed by atoms with E-state index in [9.17, 15) is 0 Å². The van der Waals surface area contributed by atoms with Crippen molar-refractivity contribution in [3.8, 4) is 0 Å². The van der Waals surface area contributed by atoms with Crippen molar-refractivity contribution >= 4 is 11.6 Å². The summed E-state index contributed by atoms with van der Waals surface area (Å²) in [7, 11) is 0. The number of halogens is 1. The van der Waals surface area contributed by atoms with Crippen molar-refractivity contribution in [3.05, 3.63) is 23.3 Å². The maximum atomic E-state index is 5.41. The molecule has 0 heterocycles. The smallest absolute Gasteiger partial charge is 0.00450 e. The summed E-state index contributed by atoms with van der Waals surface area (Å²) in [6.45, 7) is 0. The molecule has 50 valence electrons. The predicted molar refractivity (Wildman–Crippen MR) is 41.5 cm³/mol. The van der Waals surface area contributed by atoms with E-state index in [0.29, 0.717) is 0 Å². The van der Waals surface area contributed by atoms with Gasteiger partial charge in [-0.15, -0.1) is 0 Å². The molecule has 1 aliphatic carbocycles. The zero-order valence-electron chi connectivity index (χ0n) is 5.44. The molecule has 0 fully saturated rings. The summed E-state index contributed by atoms with van der Waals surface area (Å²) in [5.41, 5.74) is 2.99. The largest absolute Gasteiger partial charge is 0.0929 e. The lowest BCUT2D eigenvalue weighted by Crippen LogP contribution is -1.87. The van der Waals surface area contributed by atoms with Gasteiger partial charge in [0.15, 0.2) is 0 Å². The summed E-state index contributed by atoms with van der Waals surface area (Å²) in [5.74, 6) is 0. The van der Waals surface area contributed by atoms with E-state index in [1.165, 1.54) is 31.3 Å². The first kappa shape index (κ1) is 6.88. The first-order valence-electron chi connectivity index (χ1n) is 3.39. The lowest BCUT2D eigenvalue weighted by atomic mass is 10.0. The molecule has 9 heavy (non-hydrogen) atoms. The quantitative estimate of drug-likeness (QED) is 0.527. The van der Waals surface area contributed by atoms with Crippen molar-refractivity contribution in [1.29, 1.82) is 0 Å². The maximum Gasteiger partial charge on any atom is 0.00450 e. The summed E-state index contributed by atoms with van der Waals surface area (Å²) < 4.78 is 0. The molecule has 0 bridgehead atoms. The summed E-state index contributed by atoms with van der Waals surface area (Å²) >= 11 is 5.41.